The van der Waals surface area contributed by atoms with Crippen molar-refractivity contribution in [1.29, 1.82) is 10.5 Å². The van der Waals surface area contributed by atoms with Gasteiger partial charge in [0.05, 0.1) is 23.3 Å². The summed E-state index contributed by atoms with van der Waals surface area (Å²) < 4.78 is 9.01. The zero-order valence-corrected chi connectivity index (χ0v) is 32.2. The van der Waals surface area contributed by atoms with Gasteiger partial charge in [0.25, 0.3) is 0 Å². The maximum Gasteiger partial charge on any atom is 0.205 e. The molecule has 0 spiro atoms. The van der Waals surface area contributed by atoms with E-state index in [1.807, 2.05) is 30.3 Å². The van der Waals surface area contributed by atoms with Crippen LogP contribution in [0.2, 0.25) is 0 Å². The smallest absolute Gasteiger partial charge is 0.205 e. The number of benzene rings is 4. The lowest BCUT2D eigenvalue weighted by Gasteiger charge is -2.34. The maximum atomic E-state index is 9.06. The molecular weight excluding hydrogens is 709 g/mol. The molecule has 0 amide bonds. The van der Waals surface area contributed by atoms with Crippen LogP contribution in [-0.2, 0) is 13.1 Å². The average Bonchev–Trinajstić information content (AvgIpc) is 3.92. The van der Waals surface area contributed by atoms with Crippen molar-refractivity contribution < 1.29 is 0 Å². The molecule has 272 valence electrons. The molecule has 0 aliphatic carbocycles. The van der Waals surface area contributed by atoms with Gasteiger partial charge in [0, 0.05) is 99.6 Å². The van der Waals surface area contributed by atoms with E-state index in [0.29, 0.717) is 17.0 Å². The largest absolute Gasteiger partial charge is 0.344 e. The second-order valence-corrected chi connectivity index (χ2v) is 15.0. The highest BCUT2D eigenvalue weighted by Gasteiger charge is 2.22. The minimum Gasteiger partial charge on any atom is -0.344 e. The Labute approximate surface area is 325 Å². The van der Waals surface area contributed by atoms with Gasteiger partial charge in [-0.1, -0.05) is 60.7 Å². The summed E-state index contributed by atoms with van der Waals surface area (Å²) >= 11 is 2.89. The van der Waals surface area contributed by atoms with Crippen molar-refractivity contribution in [2.75, 3.05) is 62.2 Å². The Bertz CT molecular complexity index is 2230. The minimum absolute atomic E-state index is 0.633. The zero-order chi connectivity index (χ0) is 37.3. The number of hydrogen-bond acceptors (Lipinski definition) is 12. The van der Waals surface area contributed by atoms with Gasteiger partial charge in [-0.2, -0.15) is 29.2 Å². The molecule has 12 heteroatoms. The molecule has 0 unspecified atom stereocenters. The van der Waals surface area contributed by atoms with Crippen LogP contribution in [0.15, 0.2) is 97.1 Å². The molecule has 4 aromatic carbocycles. The zero-order valence-electron chi connectivity index (χ0n) is 30.6. The van der Waals surface area contributed by atoms with Crippen LogP contribution in [0.1, 0.15) is 33.4 Å². The summed E-state index contributed by atoms with van der Waals surface area (Å²) in [6.45, 7) is 14.3. The molecule has 0 atom stereocenters. The highest BCUT2D eigenvalue weighted by atomic mass is 32.1. The highest BCUT2D eigenvalue weighted by molar-refractivity contribution is 7.10. The second kappa shape index (κ2) is 17.5. The quantitative estimate of drug-likeness (QED) is 0.156. The first-order valence-corrected chi connectivity index (χ1v) is 19.7. The molecule has 0 bridgehead atoms. The number of rotatable bonds is 8. The maximum absolute atomic E-state index is 9.06. The van der Waals surface area contributed by atoms with Gasteiger partial charge >= 0.3 is 0 Å². The first kappa shape index (κ1) is 36.8. The van der Waals surface area contributed by atoms with Crippen LogP contribution in [0.3, 0.4) is 0 Å². The van der Waals surface area contributed by atoms with Crippen molar-refractivity contribution in [3.05, 3.63) is 130 Å². The summed E-state index contributed by atoms with van der Waals surface area (Å²) in [5, 5.41) is 19.9. The van der Waals surface area contributed by atoms with Crippen LogP contribution < -0.4 is 9.80 Å². The van der Waals surface area contributed by atoms with E-state index in [4.69, 9.17) is 20.5 Å². The summed E-state index contributed by atoms with van der Waals surface area (Å²) in [7, 11) is 0. The van der Waals surface area contributed by atoms with Crippen molar-refractivity contribution in [2.45, 2.75) is 26.9 Å². The molecular formula is C42H42N10S2. The van der Waals surface area contributed by atoms with Crippen molar-refractivity contribution in [3.63, 3.8) is 0 Å². The fraction of sp³-hybridized carbons (Fsp3) is 0.286. The Morgan fingerprint density at radius 1 is 0.537 bits per heavy atom. The third kappa shape index (κ3) is 9.16. The van der Waals surface area contributed by atoms with E-state index in [-0.39, 0.29) is 0 Å². The third-order valence-corrected chi connectivity index (χ3v) is 11.5. The molecule has 2 aliphatic heterocycles. The number of aryl methyl sites for hydroxylation is 2. The molecule has 2 saturated heterocycles. The van der Waals surface area contributed by atoms with E-state index in [0.717, 1.165) is 92.7 Å². The van der Waals surface area contributed by atoms with Crippen molar-refractivity contribution in [3.8, 4) is 34.9 Å². The van der Waals surface area contributed by atoms with Gasteiger partial charge in [0.1, 0.15) is 0 Å². The van der Waals surface area contributed by atoms with Crippen LogP contribution >= 0.6 is 23.1 Å². The van der Waals surface area contributed by atoms with Gasteiger partial charge in [0.15, 0.2) is 11.6 Å². The molecule has 8 rings (SSSR count). The topological polar surface area (TPSA) is 112 Å². The van der Waals surface area contributed by atoms with Crippen LogP contribution in [-0.4, -0.2) is 80.9 Å². The second-order valence-electron chi connectivity index (χ2n) is 13.6. The number of hydrogen-bond donors (Lipinski definition) is 0. The predicted octanol–water partition coefficient (Wildman–Crippen LogP) is 7.41. The molecule has 2 fully saturated rings. The molecule has 4 heterocycles. The van der Waals surface area contributed by atoms with Crippen molar-refractivity contribution in [2.24, 2.45) is 0 Å². The fourth-order valence-corrected chi connectivity index (χ4v) is 8.07. The van der Waals surface area contributed by atoms with Gasteiger partial charge < -0.3 is 9.80 Å². The van der Waals surface area contributed by atoms with Crippen molar-refractivity contribution in [1.82, 2.24) is 28.5 Å². The van der Waals surface area contributed by atoms with Gasteiger partial charge in [0.2, 0.25) is 10.3 Å². The van der Waals surface area contributed by atoms with E-state index in [1.165, 1.54) is 45.3 Å². The number of nitrogens with zero attached hydrogens (tertiary/aromatic N) is 10. The first-order chi connectivity index (χ1) is 26.4. The Balaban J connectivity index is 0.000000167. The van der Waals surface area contributed by atoms with Gasteiger partial charge in [-0.05, 0) is 72.5 Å². The van der Waals surface area contributed by atoms with E-state index < -0.39 is 0 Å². The molecule has 2 aromatic heterocycles. The van der Waals surface area contributed by atoms with E-state index in [9.17, 15) is 0 Å². The van der Waals surface area contributed by atoms with Crippen LogP contribution in [0.4, 0.5) is 10.3 Å². The van der Waals surface area contributed by atoms with Gasteiger partial charge in [-0.3, -0.25) is 9.80 Å². The predicted molar refractivity (Wildman–Crippen MR) is 217 cm³/mol. The lowest BCUT2D eigenvalue weighted by Crippen LogP contribution is -2.46. The van der Waals surface area contributed by atoms with Gasteiger partial charge in [-0.15, -0.1) is 0 Å². The Morgan fingerprint density at radius 2 is 1.02 bits per heavy atom. The number of aromatic nitrogens is 4. The summed E-state index contributed by atoms with van der Waals surface area (Å²) in [5.74, 6) is 1.44. The summed E-state index contributed by atoms with van der Waals surface area (Å²) in [6.07, 6.45) is 0. The Kier molecular flexibility index (Phi) is 12.0. The van der Waals surface area contributed by atoms with Crippen LogP contribution in [0, 0.1) is 36.5 Å². The molecule has 0 N–H and O–H groups in total. The standard InChI is InChI=1S/2C21H21N5S/c1-16-5-2-3-7-19(16)15-25-9-11-26(12-10-25)21-23-20(24-27-21)18-8-4-6-17(13-18)14-22;1-16-4-2-3-5-19(16)15-25-10-12-26(13-11-25)21-23-20(24-27-21)18-8-6-17(14-22)7-9-18/h2-8,13H,9-12,15H2,1H3;2-9H,10-13,15H2,1H3. The summed E-state index contributed by atoms with van der Waals surface area (Å²) in [5.41, 5.74) is 8.66. The molecule has 0 radical (unpaired) electrons. The number of anilines is 2. The minimum atomic E-state index is 0.633. The average molecular weight is 751 g/mol. The molecule has 6 aromatic rings. The highest BCUT2D eigenvalue weighted by Crippen LogP contribution is 2.27. The van der Waals surface area contributed by atoms with Crippen LogP contribution in [0.5, 0.6) is 0 Å². The molecule has 10 nitrogen and oxygen atoms in total. The number of piperazine rings is 2. The lowest BCUT2D eigenvalue weighted by molar-refractivity contribution is 0.249. The fourth-order valence-electron chi connectivity index (χ4n) is 6.60. The molecule has 0 saturated carbocycles. The summed E-state index contributed by atoms with van der Waals surface area (Å²) in [6, 6.07) is 36.4. The molecule has 2 aliphatic rings. The summed E-state index contributed by atoms with van der Waals surface area (Å²) in [4.78, 5) is 19.0. The van der Waals surface area contributed by atoms with E-state index in [2.05, 4.69) is 103 Å². The van der Waals surface area contributed by atoms with E-state index >= 15 is 0 Å². The monoisotopic (exact) mass is 750 g/mol. The Hall–Kier alpha value is -5.50. The number of nitriles is 2. The lowest BCUT2D eigenvalue weighted by atomic mass is 10.1. The van der Waals surface area contributed by atoms with Gasteiger partial charge in [-0.25, -0.2) is 0 Å². The Morgan fingerprint density at radius 3 is 1.50 bits per heavy atom. The molecule has 54 heavy (non-hydrogen) atoms. The first-order valence-electron chi connectivity index (χ1n) is 18.2. The van der Waals surface area contributed by atoms with Crippen molar-refractivity contribution >= 4 is 33.3 Å². The normalized spacial score (nSPS) is 14.9. The van der Waals surface area contributed by atoms with E-state index in [1.54, 1.807) is 18.2 Å². The van der Waals surface area contributed by atoms with Crippen LogP contribution in [0.25, 0.3) is 22.8 Å². The third-order valence-electron chi connectivity index (χ3n) is 9.95. The SMILES string of the molecule is Cc1ccccc1CN1CCN(c2nc(-c3ccc(C#N)cc3)ns2)CC1.Cc1ccccc1CN1CCN(c2nc(-c3cccc(C#N)c3)ns2)CC1.